The molecule has 0 aliphatic heterocycles. The highest BCUT2D eigenvalue weighted by Gasteiger charge is 2.07. The molecule has 0 saturated carbocycles. The minimum Gasteiger partial charge on any atom is -0.384 e. The standard InChI is InChI=1S/C13H21N3/c1-9(2)16(4)8-12-6-5-11(13(14)15)7-10(12)3/h5-7,9H,8H2,1-4H3,(H3,14,15). The number of aryl methyl sites for hydroxylation is 1. The van der Waals surface area contributed by atoms with Crippen molar-refractivity contribution in [1.29, 1.82) is 5.41 Å². The molecule has 1 rings (SSSR count). The Morgan fingerprint density at radius 3 is 2.50 bits per heavy atom. The van der Waals surface area contributed by atoms with Crippen LogP contribution in [0.4, 0.5) is 0 Å². The number of nitrogen functional groups attached to an aromatic ring is 1. The molecule has 0 saturated heterocycles. The normalized spacial score (nSPS) is 11.1. The summed E-state index contributed by atoms with van der Waals surface area (Å²) in [5.41, 5.74) is 8.74. The summed E-state index contributed by atoms with van der Waals surface area (Å²) in [7, 11) is 2.11. The monoisotopic (exact) mass is 219 g/mol. The SMILES string of the molecule is Cc1cc(C(=N)N)ccc1CN(C)C(C)C. The number of nitrogens with zero attached hydrogens (tertiary/aromatic N) is 1. The van der Waals surface area contributed by atoms with Crippen LogP contribution in [0.5, 0.6) is 0 Å². The summed E-state index contributed by atoms with van der Waals surface area (Å²) in [5, 5.41) is 7.38. The molecule has 0 radical (unpaired) electrons. The third kappa shape index (κ3) is 3.07. The molecule has 0 spiro atoms. The second-order valence-corrected chi connectivity index (χ2v) is 4.56. The van der Waals surface area contributed by atoms with E-state index in [2.05, 4.69) is 38.8 Å². The van der Waals surface area contributed by atoms with Crippen molar-refractivity contribution in [2.24, 2.45) is 5.73 Å². The van der Waals surface area contributed by atoms with E-state index in [0.717, 1.165) is 12.1 Å². The van der Waals surface area contributed by atoms with Gasteiger partial charge < -0.3 is 5.73 Å². The Hall–Kier alpha value is -1.35. The zero-order chi connectivity index (χ0) is 12.3. The number of nitrogens with two attached hydrogens (primary N) is 1. The minimum atomic E-state index is 0.131. The van der Waals surface area contributed by atoms with Crippen molar-refractivity contribution in [2.45, 2.75) is 33.4 Å². The van der Waals surface area contributed by atoms with Gasteiger partial charge in [-0.05, 0) is 45.0 Å². The second kappa shape index (κ2) is 5.12. The third-order valence-corrected chi connectivity index (χ3v) is 2.95. The van der Waals surface area contributed by atoms with Gasteiger partial charge in [0.1, 0.15) is 5.84 Å². The van der Waals surface area contributed by atoms with Crippen LogP contribution in [0.15, 0.2) is 18.2 Å². The van der Waals surface area contributed by atoms with Gasteiger partial charge in [-0.25, -0.2) is 0 Å². The molecule has 0 unspecified atom stereocenters. The average Bonchev–Trinajstić information content (AvgIpc) is 2.20. The van der Waals surface area contributed by atoms with Crippen LogP contribution in [0.2, 0.25) is 0 Å². The van der Waals surface area contributed by atoms with Crippen LogP contribution in [0, 0.1) is 12.3 Å². The third-order valence-electron chi connectivity index (χ3n) is 2.95. The summed E-state index contributed by atoms with van der Waals surface area (Å²) in [5.74, 6) is 0.131. The average molecular weight is 219 g/mol. The summed E-state index contributed by atoms with van der Waals surface area (Å²) in [6, 6.07) is 6.49. The smallest absolute Gasteiger partial charge is 0.122 e. The molecule has 3 nitrogen and oxygen atoms in total. The Morgan fingerprint density at radius 2 is 2.06 bits per heavy atom. The molecule has 0 aliphatic rings. The van der Waals surface area contributed by atoms with E-state index in [-0.39, 0.29) is 5.84 Å². The van der Waals surface area contributed by atoms with Gasteiger partial charge in [0.15, 0.2) is 0 Å². The van der Waals surface area contributed by atoms with Crippen molar-refractivity contribution < 1.29 is 0 Å². The van der Waals surface area contributed by atoms with Crippen LogP contribution < -0.4 is 5.73 Å². The van der Waals surface area contributed by atoms with E-state index in [1.165, 1.54) is 11.1 Å². The first kappa shape index (κ1) is 12.7. The van der Waals surface area contributed by atoms with Gasteiger partial charge in [0.2, 0.25) is 0 Å². The molecular weight excluding hydrogens is 198 g/mol. The molecule has 0 fully saturated rings. The number of amidine groups is 1. The fraction of sp³-hybridized carbons (Fsp3) is 0.462. The van der Waals surface area contributed by atoms with E-state index in [1.54, 1.807) is 0 Å². The van der Waals surface area contributed by atoms with Crippen LogP contribution in [0.1, 0.15) is 30.5 Å². The van der Waals surface area contributed by atoms with Crippen LogP contribution >= 0.6 is 0 Å². The summed E-state index contributed by atoms with van der Waals surface area (Å²) in [6.07, 6.45) is 0. The van der Waals surface area contributed by atoms with Gasteiger partial charge in [0.25, 0.3) is 0 Å². The van der Waals surface area contributed by atoms with Crippen molar-refractivity contribution in [3.63, 3.8) is 0 Å². The maximum Gasteiger partial charge on any atom is 0.122 e. The number of hydrogen-bond donors (Lipinski definition) is 2. The zero-order valence-corrected chi connectivity index (χ0v) is 10.5. The van der Waals surface area contributed by atoms with E-state index in [1.807, 2.05) is 12.1 Å². The van der Waals surface area contributed by atoms with Crippen LogP contribution in [0.25, 0.3) is 0 Å². The molecule has 3 N–H and O–H groups in total. The highest BCUT2D eigenvalue weighted by molar-refractivity contribution is 5.95. The van der Waals surface area contributed by atoms with Crippen LogP contribution in [-0.2, 0) is 6.54 Å². The maximum absolute atomic E-state index is 7.38. The maximum atomic E-state index is 7.38. The van der Waals surface area contributed by atoms with Gasteiger partial charge in [0, 0.05) is 18.2 Å². The Kier molecular flexibility index (Phi) is 4.07. The summed E-state index contributed by atoms with van der Waals surface area (Å²) in [6.45, 7) is 7.36. The molecule has 88 valence electrons. The van der Waals surface area contributed by atoms with E-state index in [9.17, 15) is 0 Å². The predicted molar refractivity (Wildman–Crippen MR) is 68.8 cm³/mol. The van der Waals surface area contributed by atoms with Gasteiger partial charge >= 0.3 is 0 Å². The molecule has 0 aliphatic carbocycles. The van der Waals surface area contributed by atoms with Crippen molar-refractivity contribution >= 4 is 5.84 Å². The van der Waals surface area contributed by atoms with Crippen LogP contribution in [0.3, 0.4) is 0 Å². The quantitative estimate of drug-likeness (QED) is 0.602. The molecule has 0 amide bonds. The zero-order valence-electron chi connectivity index (χ0n) is 10.5. The molecule has 0 aromatic heterocycles. The highest BCUT2D eigenvalue weighted by Crippen LogP contribution is 2.13. The summed E-state index contributed by atoms with van der Waals surface area (Å²) < 4.78 is 0. The Bertz CT molecular complexity index is 383. The van der Waals surface area contributed by atoms with E-state index in [4.69, 9.17) is 11.1 Å². The Balaban J connectivity index is 2.87. The first-order chi connectivity index (χ1) is 7.41. The molecule has 0 atom stereocenters. The summed E-state index contributed by atoms with van der Waals surface area (Å²) >= 11 is 0. The van der Waals surface area contributed by atoms with Gasteiger partial charge in [-0.1, -0.05) is 12.1 Å². The Morgan fingerprint density at radius 1 is 1.44 bits per heavy atom. The van der Waals surface area contributed by atoms with Crippen molar-refractivity contribution in [3.8, 4) is 0 Å². The fourth-order valence-corrected chi connectivity index (χ4v) is 1.49. The first-order valence-electron chi connectivity index (χ1n) is 5.56. The topological polar surface area (TPSA) is 53.1 Å². The van der Waals surface area contributed by atoms with Crippen molar-refractivity contribution in [3.05, 3.63) is 34.9 Å². The molecule has 0 heterocycles. The molecule has 3 heteroatoms. The first-order valence-corrected chi connectivity index (χ1v) is 5.56. The van der Waals surface area contributed by atoms with Crippen molar-refractivity contribution in [1.82, 2.24) is 4.90 Å². The minimum absolute atomic E-state index is 0.131. The lowest BCUT2D eigenvalue weighted by Crippen LogP contribution is -2.26. The largest absolute Gasteiger partial charge is 0.384 e. The lowest BCUT2D eigenvalue weighted by molar-refractivity contribution is 0.265. The Labute approximate surface area is 97.8 Å². The highest BCUT2D eigenvalue weighted by atomic mass is 15.1. The fourth-order valence-electron chi connectivity index (χ4n) is 1.49. The van der Waals surface area contributed by atoms with E-state index in [0.29, 0.717) is 6.04 Å². The molecule has 0 bridgehead atoms. The van der Waals surface area contributed by atoms with Gasteiger partial charge in [-0.15, -0.1) is 0 Å². The lowest BCUT2D eigenvalue weighted by atomic mass is 10.0. The van der Waals surface area contributed by atoms with Gasteiger partial charge in [0.05, 0.1) is 0 Å². The lowest BCUT2D eigenvalue weighted by Gasteiger charge is -2.22. The molecule has 16 heavy (non-hydrogen) atoms. The number of nitrogens with one attached hydrogen (secondary N) is 1. The number of hydrogen-bond acceptors (Lipinski definition) is 2. The van der Waals surface area contributed by atoms with E-state index >= 15 is 0 Å². The van der Waals surface area contributed by atoms with Crippen LogP contribution in [-0.4, -0.2) is 23.8 Å². The molecular formula is C13H21N3. The van der Waals surface area contributed by atoms with Gasteiger partial charge in [-0.3, -0.25) is 10.3 Å². The second-order valence-electron chi connectivity index (χ2n) is 4.56. The van der Waals surface area contributed by atoms with E-state index < -0.39 is 0 Å². The molecule has 1 aromatic rings. The number of benzene rings is 1. The predicted octanol–water partition coefficient (Wildman–Crippen LogP) is 2.12. The molecule has 1 aromatic carbocycles. The van der Waals surface area contributed by atoms with Crippen molar-refractivity contribution in [2.75, 3.05) is 7.05 Å². The number of rotatable bonds is 4. The van der Waals surface area contributed by atoms with Gasteiger partial charge in [-0.2, -0.15) is 0 Å². The summed E-state index contributed by atoms with van der Waals surface area (Å²) in [4.78, 5) is 2.29.